The van der Waals surface area contributed by atoms with Gasteiger partial charge in [-0.15, -0.1) is 0 Å². The normalized spacial score (nSPS) is 35.9. The van der Waals surface area contributed by atoms with Crippen LogP contribution in [0.4, 0.5) is 0 Å². The second-order valence-corrected chi connectivity index (χ2v) is 5.91. The van der Waals surface area contributed by atoms with Crippen LogP contribution in [0, 0.1) is 28.6 Å². The number of nitriles is 1. The zero-order valence-corrected chi connectivity index (χ0v) is 11.7. The number of hydrogen-bond acceptors (Lipinski definition) is 4. The van der Waals surface area contributed by atoms with Crippen molar-refractivity contribution in [1.29, 1.82) is 5.26 Å². The number of carbonyl (C=O) groups is 1. The fourth-order valence-electron chi connectivity index (χ4n) is 4.10. The molecule has 5 rings (SSSR count). The predicted octanol–water partition coefficient (Wildman–Crippen LogP) is 2.71. The molecule has 1 fully saturated rings. The number of para-hydroxylation sites is 1. The van der Waals surface area contributed by atoms with Crippen LogP contribution >= 0.6 is 0 Å². The molecule has 21 heavy (non-hydrogen) atoms. The third-order valence-electron chi connectivity index (χ3n) is 5.10. The molecular weight excluding hydrogens is 266 g/mol. The Morgan fingerprint density at radius 2 is 2.19 bits per heavy atom. The maximum absolute atomic E-state index is 13.0. The Bertz CT molecular complexity index is 702. The lowest BCUT2D eigenvalue weighted by atomic mass is 9.54. The van der Waals surface area contributed by atoms with E-state index in [1.807, 2.05) is 18.2 Å². The Labute approximate surface area is 123 Å². The van der Waals surface area contributed by atoms with Crippen molar-refractivity contribution in [3.63, 3.8) is 0 Å². The summed E-state index contributed by atoms with van der Waals surface area (Å²) in [6.45, 7) is 0. The molecule has 1 aromatic carbocycles. The van der Waals surface area contributed by atoms with Crippen LogP contribution in [-0.4, -0.2) is 19.0 Å². The van der Waals surface area contributed by atoms with Crippen molar-refractivity contribution in [2.45, 2.75) is 18.9 Å². The summed E-state index contributed by atoms with van der Waals surface area (Å²) in [5.41, 5.74) is -0.575. The van der Waals surface area contributed by atoms with Gasteiger partial charge in [0.1, 0.15) is 11.9 Å². The number of nitrogens with zero attached hydrogens (tertiary/aromatic N) is 1. The van der Waals surface area contributed by atoms with E-state index in [1.165, 1.54) is 0 Å². The number of methoxy groups -OCH3 is 1. The fraction of sp³-hybridized carbons (Fsp3) is 0.412. The smallest absolute Gasteiger partial charge is 0.191 e. The Balaban J connectivity index is 1.93. The van der Waals surface area contributed by atoms with Crippen LogP contribution in [0.2, 0.25) is 0 Å². The first-order chi connectivity index (χ1) is 10.2. The molecule has 1 saturated carbocycles. The van der Waals surface area contributed by atoms with Gasteiger partial charge in [0, 0.05) is 5.92 Å². The molecule has 1 aromatic rings. The zero-order valence-electron chi connectivity index (χ0n) is 11.7. The van der Waals surface area contributed by atoms with Crippen molar-refractivity contribution in [2.24, 2.45) is 17.3 Å². The van der Waals surface area contributed by atoms with Gasteiger partial charge in [0.2, 0.25) is 0 Å². The first-order valence-electron chi connectivity index (χ1n) is 7.20. The molecule has 0 N–H and O–H groups in total. The van der Waals surface area contributed by atoms with Crippen LogP contribution in [0.3, 0.4) is 0 Å². The standard InChI is InChI=1S/C17H15NO3/c1-20-14-8-10-6-7-12(14)16-17(10,9-18)15(19)11-4-2-3-5-13(11)21-16/h2-5,8,10,12,16H,6-7H2,1H3/t10-,12+,16-,17-/m0/s1. The van der Waals surface area contributed by atoms with E-state index < -0.39 is 11.5 Å². The molecule has 4 atom stereocenters. The van der Waals surface area contributed by atoms with E-state index in [2.05, 4.69) is 6.07 Å². The molecule has 0 radical (unpaired) electrons. The summed E-state index contributed by atoms with van der Waals surface area (Å²) in [6, 6.07) is 9.51. The lowest BCUT2D eigenvalue weighted by Gasteiger charge is -2.52. The van der Waals surface area contributed by atoms with Crippen molar-refractivity contribution in [3.8, 4) is 11.8 Å². The number of ketones is 1. The summed E-state index contributed by atoms with van der Waals surface area (Å²) in [7, 11) is 1.64. The highest BCUT2D eigenvalue weighted by Gasteiger charge is 2.64. The van der Waals surface area contributed by atoms with E-state index in [0.717, 1.165) is 18.6 Å². The summed E-state index contributed by atoms with van der Waals surface area (Å²) < 4.78 is 11.5. The average Bonchev–Trinajstić information content (AvgIpc) is 2.55. The molecule has 0 aromatic heterocycles. The molecule has 0 amide bonds. The van der Waals surface area contributed by atoms with Crippen molar-refractivity contribution in [2.75, 3.05) is 7.11 Å². The molecule has 0 spiro atoms. The van der Waals surface area contributed by atoms with Gasteiger partial charge in [0.15, 0.2) is 11.2 Å². The van der Waals surface area contributed by atoms with Crippen LogP contribution in [0.15, 0.2) is 36.1 Å². The van der Waals surface area contributed by atoms with E-state index in [0.29, 0.717) is 11.3 Å². The number of carbonyl (C=O) groups excluding carboxylic acids is 1. The largest absolute Gasteiger partial charge is 0.501 e. The number of ether oxygens (including phenoxy) is 2. The third-order valence-corrected chi connectivity index (χ3v) is 5.10. The van der Waals surface area contributed by atoms with E-state index in [-0.39, 0.29) is 17.6 Å². The molecule has 1 aliphatic heterocycles. The number of fused-ring (bicyclic) bond motifs is 2. The zero-order chi connectivity index (χ0) is 14.6. The van der Waals surface area contributed by atoms with Crippen LogP contribution in [0.5, 0.6) is 5.75 Å². The molecule has 0 saturated heterocycles. The van der Waals surface area contributed by atoms with Gasteiger partial charge in [-0.2, -0.15) is 5.26 Å². The monoisotopic (exact) mass is 281 g/mol. The summed E-state index contributed by atoms with van der Waals surface area (Å²) in [6.07, 6.45) is 3.25. The number of rotatable bonds is 1. The molecule has 4 heteroatoms. The Morgan fingerprint density at radius 3 is 2.95 bits per heavy atom. The SMILES string of the molecule is COC1=C[C@@H]2CC[C@H]1[C@@H]1Oc3ccccc3C(=O)[C@]21C#N. The topological polar surface area (TPSA) is 59.3 Å². The van der Waals surface area contributed by atoms with Gasteiger partial charge >= 0.3 is 0 Å². The summed E-state index contributed by atoms with van der Waals surface area (Å²) in [4.78, 5) is 13.0. The Morgan fingerprint density at radius 1 is 1.38 bits per heavy atom. The third kappa shape index (κ3) is 1.36. The highest BCUT2D eigenvalue weighted by Crippen LogP contribution is 2.56. The highest BCUT2D eigenvalue weighted by molar-refractivity contribution is 6.06. The van der Waals surface area contributed by atoms with Crippen LogP contribution in [0.1, 0.15) is 23.2 Å². The van der Waals surface area contributed by atoms with Crippen LogP contribution in [0.25, 0.3) is 0 Å². The fourth-order valence-corrected chi connectivity index (χ4v) is 4.10. The van der Waals surface area contributed by atoms with Crippen molar-refractivity contribution in [3.05, 3.63) is 41.7 Å². The molecule has 4 aliphatic rings. The summed E-state index contributed by atoms with van der Waals surface area (Å²) >= 11 is 0. The van der Waals surface area contributed by atoms with Gasteiger partial charge in [-0.25, -0.2) is 0 Å². The van der Waals surface area contributed by atoms with Crippen molar-refractivity contribution >= 4 is 5.78 Å². The summed E-state index contributed by atoms with van der Waals surface area (Å²) in [5.74, 6) is 1.19. The van der Waals surface area contributed by atoms with E-state index in [1.54, 1.807) is 19.2 Å². The average molecular weight is 281 g/mol. The first kappa shape index (κ1) is 12.5. The van der Waals surface area contributed by atoms with Gasteiger partial charge in [-0.05, 0) is 31.1 Å². The second kappa shape index (κ2) is 4.11. The van der Waals surface area contributed by atoms with Gasteiger partial charge in [-0.1, -0.05) is 12.1 Å². The molecular formula is C17H15NO3. The molecule has 2 bridgehead atoms. The first-order valence-corrected chi connectivity index (χ1v) is 7.20. The van der Waals surface area contributed by atoms with Gasteiger partial charge < -0.3 is 9.47 Å². The number of allylic oxidation sites excluding steroid dienone is 1. The van der Waals surface area contributed by atoms with E-state index >= 15 is 0 Å². The molecule has 0 unspecified atom stereocenters. The lowest BCUT2D eigenvalue weighted by Crippen LogP contribution is -2.60. The maximum atomic E-state index is 13.0. The van der Waals surface area contributed by atoms with Gasteiger partial charge in [-0.3, -0.25) is 4.79 Å². The minimum Gasteiger partial charge on any atom is -0.501 e. The van der Waals surface area contributed by atoms with Gasteiger partial charge in [0.25, 0.3) is 0 Å². The van der Waals surface area contributed by atoms with Crippen molar-refractivity contribution in [1.82, 2.24) is 0 Å². The minimum absolute atomic E-state index is 0.0167. The molecule has 3 aliphatic carbocycles. The Kier molecular flexibility index (Phi) is 2.44. The molecule has 1 heterocycles. The molecule has 4 nitrogen and oxygen atoms in total. The minimum atomic E-state index is -1.10. The van der Waals surface area contributed by atoms with E-state index in [4.69, 9.17) is 9.47 Å². The van der Waals surface area contributed by atoms with Crippen molar-refractivity contribution < 1.29 is 14.3 Å². The lowest BCUT2D eigenvalue weighted by molar-refractivity contribution is -0.0397. The predicted molar refractivity (Wildman–Crippen MR) is 74.5 cm³/mol. The number of benzene rings is 1. The Hall–Kier alpha value is -2.28. The molecule has 106 valence electrons. The van der Waals surface area contributed by atoms with Crippen LogP contribution < -0.4 is 4.74 Å². The number of hydrogen-bond donors (Lipinski definition) is 0. The van der Waals surface area contributed by atoms with Crippen LogP contribution in [-0.2, 0) is 4.74 Å². The quantitative estimate of drug-likeness (QED) is 0.794. The second-order valence-electron chi connectivity index (χ2n) is 5.91. The number of Topliss-reactive ketones (excluding diaryl/α,β-unsaturated/α-hetero) is 1. The summed E-state index contributed by atoms with van der Waals surface area (Å²) in [5, 5.41) is 9.83. The maximum Gasteiger partial charge on any atom is 0.191 e. The van der Waals surface area contributed by atoms with Gasteiger partial charge in [0.05, 0.1) is 30.4 Å². The highest BCUT2D eigenvalue weighted by atomic mass is 16.5. The van der Waals surface area contributed by atoms with E-state index in [9.17, 15) is 10.1 Å².